The van der Waals surface area contributed by atoms with Gasteiger partial charge in [0.05, 0.1) is 6.20 Å². The second-order valence-corrected chi connectivity index (χ2v) is 1.79. The lowest BCUT2D eigenvalue weighted by atomic mass is 11.0. The third kappa shape index (κ3) is 1.08. The van der Waals surface area contributed by atoms with Crippen molar-refractivity contribution >= 4 is 23.2 Å². The molecule has 1 aromatic heterocycles. The highest BCUT2D eigenvalue weighted by atomic mass is 35.5. The van der Waals surface area contributed by atoms with Crippen molar-refractivity contribution in [3.05, 3.63) is 16.6 Å². The van der Waals surface area contributed by atoms with Gasteiger partial charge in [-0.05, 0) is 11.6 Å². The highest BCUT2D eigenvalue weighted by Crippen LogP contribution is 2.06. The molecular weight excluding hydrogens is 135 g/mol. The molecule has 0 aromatic carbocycles. The minimum atomic E-state index is 0.324. The average Bonchev–Trinajstić information content (AvgIpc) is 1.87. The number of rotatable bonds is 0. The Labute approximate surface area is 50.5 Å². The first-order valence-corrected chi connectivity index (χ1v) is 2.40. The number of aromatic nitrogens is 2. The summed E-state index contributed by atoms with van der Waals surface area (Å²) >= 11 is 10.7. The SMILES string of the molecule is Clc1cnc(Cl)[nH]1. The molecule has 0 radical (unpaired) electrons. The van der Waals surface area contributed by atoms with Gasteiger partial charge in [0.2, 0.25) is 5.28 Å². The zero-order valence-electron chi connectivity index (χ0n) is 3.28. The predicted molar refractivity (Wildman–Crippen MR) is 28.6 cm³/mol. The van der Waals surface area contributed by atoms with Crippen molar-refractivity contribution in [1.29, 1.82) is 0 Å². The van der Waals surface area contributed by atoms with E-state index in [0.717, 1.165) is 0 Å². The van der Waals surface area contributed by atoms with Gasteiger partial charge >= 0.3 is 0 Å². The molecule has 0 aliphatic heterocycles. The van der Waals surface area contributed by atoms with Gasteiger partial charge in [0.15, 0.2) is 0 Å². The average molecular weight is 137 g/mol. The number of nitrogens with one attached hydrogen (secondary N) is 1. The number of nitrogens with zero attached hydrogens (tertiary/aromatic N) is 1. The van der Waals surface area contributed by atoms with Crippen molar-refractivity contribution in [3.63, 3.8) is 0 Å². The molecule has 0 aliphatic rings. The molecular formula is C3H2Cl2N2. The lowest BCUT2D eigenvalue weighted by molar-refractivity contribution is 1.31. The van der Waals surface area contributed by atoms with E-state index in [0.29, 0.717) is 10.4 Å². The molecule has 1 rings (SSSR count). The largest absolute Gasteiger partial charge is 0.320 e. The topological polar surface area (TPSA) is 28.7 Å². The van der Waals surface area contributed by atoms with Gasteiger partial charge in [0.25, 0.3) is 0 Å². The molecule has 0 bridgehead atoms. The van der Waals surface area contributed by atoms with E-state index in [1.165, 1.54) is 6.20 Å². The molecule has 0 spiro atoms. The molecule has 0 saturated heterocycles. The molecule has 38 valence electrons. The van der Waals surface area contributed by atoms with Crippen LogP contribution in [0, 0.1) is 0 Å². The van der Waals surface area contributed by atoms with Crippen molar-refractivity contribution in [2.75, 3.05) is 0 Å². The smallest absolute Gasteiger partial charge is 0.201 e. The fourth-order valence-electron chi connectivity index (χ4n) is 0.276. The minimum Gasteiger partial charge on any atom is -0.320 e. The highest BCUT2D eigenvalue weighted by molar-refractivity contribution is 6.32. The van der Waals surface area contributed by atoms with Crippen LogP contribution in [0.25, 0.3) is 0 Å². The maximum absolute atomic E-state index is 5.36. The Kier molecular flexibility index (Phi) is 1.21. The van der Waals surface area contributed by atoms with Gasteiger partial charge in [0, 0.05) is 0 Å². The van der Waals surface area contributed by atoms with Crippen LogP contribution in [0.2, 0.25) is 10.4 Å². The van der Waals surface area contributed by atoms with E-state index in [-0.39, 0.29) is 0 Å². The van der Waals surface area contributed by atoms with Crippen LogP contribution in [-0.4, -0.2) is 9.97 Å². The quantitative estimate of drug-likeness (QED) is 0.579. The molecule has 0 unspecified atom stereocenters. The molecule has 0 atom stereocenters. The second-order valence-electron chi connectivity index (χ2n) is 1.02. The zero-order valence-corrected chi connectivity index (χ0v) is 4.79. The van der Waals surface area contributed by atoms with E-state index >= 15 is 0 Å². The Hall–Kier alpha value is -0.210. The summed E-state index contributed by atoms with van der Waals surface area (Å²) in [7, 11) is 0. The summed E-state index contributed by atoms with van der Waals surface area (Å²) in [6.45, 7) is 0. The van der Waals surface area contributed by atoms with Crippen LogP contribution in [0.3, 0.4) is 0 Å². The van der Waals surface area contributed by atoms with E-state index in [1.54, 1.807) is 0 Å². The van der Waals surface area contributed by atoms with Gasteiger partial charge in [-0.3, -0.25) is 0 Å². The van der Waals surface area contributed by atoms with E-state index in [9.17, 15) is 0 Å². The molecule has 0 aliphatic carbocycles. The molecule has 1 N–H and O–H groups in total. The summed E-state index contributed by atoms with van der Waals surface area (Å²) in [6.07, 6.45) is 1.45. The number of aromatic amines is 1. The zero-order chi connectivity index (χ0) is 5.28. The Morgan fingerprint density at radius 3 is 2.43 bits per heavy atom. The van der Waals surface area contributed by atoms with Crippen LogP contribution in [0.15, 0.2) is 6.20 Å². The summed E-state index contributed by atoms with van der Waals surface area (Å²) in [5, 5.41) is 0.787. The van der Waals surface area contributed by atoms with E-state index in [4.69, 9.17) is 23.2 Å². The van der Waals surface area contributed by atoms with Crippen molar-refractivity contribution < 1.29 is 0 Å². The first-order valence-electron chi connectivity index (χ1n) is 1.65. The van der Waals surface area contributed by atoms with E-state index in [2.05, 4.69) is 9.97 Å². The maximum Gasteiger partial charge on any atom is 0.201 e. The van der Waals surface area contributed by atoms with Gasteiger partial charge in [0.1, 0.15) is 5.15 Å². The molecule has 7 heavy (non-hydrogen) atoms. The van der Waals surface area contributed by atoms with Crippen LogP contribution < -0.4 is 0 Å². The number of hydrogen-bond acceptors (Lipinski definition) is 1. The summed E-state index contributed by atoms with van der Waals surface area (Å²) in [6, 6.07) is 0. The summed E-state index contributed by atoms with van der Waals surface area (Å²) in [5.74, 6) is 0. The third-order valence-corrected chi connectivity index (χ3v) is 0.898. The summed E-state index contributed by atoms with van der Waals surface area (Å²) in [4.78, 5) is 6.15. The van der Waals surface area contributed by atoms with Crippen LogP contribution in [0.5, 0.6) is 0 Å². The van der Waals surface area contributed by atoms with Crippen LogP contribution in [-0.2, 0) is 0 Å². The van der Waals surface area contributed by atoms with Gasteiger partial charge in [-0.2, -0.15) is 0 Å². The van der Waals surface area contributed by atoms with E-state index < -0.39 is 0 Å². The predicted octanol–water partition coefficient (Wildman–Crippen LogP) is 1.72. The van der Waals surface area contributed by atoms with Crippen molar-refractivity contribution in [1.82, 2.24) is 9.97 Å². The lowest BCUT2D eigenvalue weighted by Gasteiger charge is -1.69. The van der Waals surface area contributed by atoms with Gasteiger partial charge < -0.3 is 4.98 Å². The minimum absolute atomic E-state index is 0.324. The number of halogens is 2. The van der Waals surface area contributed by atoms with Crippen LogP contribution in [0.1, 0.15) is 0 Å². The fraction of sp³-hybridized carbons (Fsp3) is 0. The normalized spacial score (nSPS) is 9.43. The number of H-pyrrole nitrogens is 1. The Balaban J connectivity index is 3.04. The van der Waals surface area contributed by atoms with Gasteiger partial charge in [-0.1, -0.05) is 11.6 Å². The number of imidazole rings is 1. The van der Waals surface area contributed by atoms with Crippen LogP contribution >= 0.6 is 23.2 Å². The first-order chi connectivity index (χ1) is 3.29. The first kappa shape index (κ1) is 4.94. The molecule has 0 amide bonds. The molecule has 2 nitrogen and oxygen atoms in total. The van der Waals surface area contributed by atoms with Crippen molar-refractivity contribution in [2.45, 2.75) is 0 Å². The van der Waals surface area contributed by atoms with Gasteiger partial charge in [-0.25, -0.2) is 4.98 Å². The number of hydrogen-bond donors (Lipinski definition) is 1. The molecule has 1 aromatic rings. The fourth-order valence-corrected chi connectivity index (χ4v) is 0.614. The van der Waals surface area contributed by atoms with Crippen LogP contribution in [0.4, 0.5) is 0 Å². The van der Waals surface area contributed by atoms with Crippen molar-refractivity contribution in [3.8, 4) is 0 Å². The Morgan fingerprint density at radius 2 is 2.29 bits per heavy atom. The van der Waals surface area contributed by atoms with Gasteiger partial charge in [-0.15, -0.1) is 0 Å². The molecule has 4 heteroatoms. The molecule has 0 fully saturated rings. The monoisotopic (exact) mass is 136 g/mol. The Morgan fingerprint density at radius 1 is 1.57 bits per heavy atom. The van der Waals surface area contributed by atoms with Crippen molar-refractivity contribution in [2.24, 2.45) is 0 Å². The third-order valence-electron chi connectivity index (χ3n) is 0.514. The molecule has 1 heterocycles. The van der Waals surface area contributed by atoms with E-state index in [1.807, 2.05) is 0 Å². The molecule has 0 saturated carbocycles. The Bertz CT molecular complexity index is 143. The summed E-state index contributed by atoms with van der Waals surface area (Å²) < 4.78 is 0. The second kappa shape index (κ2) is 1.72. The maximum atomic E-state index is 5.36. The lowest BCUT2D eigenvalue weighted by Crippen LogP contribution is -1.58. The standard InChI is InChI=1S/C3H2Cl2N2/c4-2-1-6-3(5)7-2/h1H,(H,6,7). The highest BCUT2D eigenvalue weighted by Gasteiger charge is 1.88. The summed E-state index contributed by atoms with van der Waals surface area (Å²) in [5.41, 5.74) is 0.